The molecule has 1 heterocycles. The highest BCUT2D eigenvalue weighted by Gasteiger charge is 2.30. The van der Waals surface area contributed by atoms with E-state index < -0.39 is 17.8 Å². The monoisotopic (exact) mass is 335 g/mol. The van der Waals surface area contributed by atoms with Crippen LogP contribution in [0, 0.1) is 0 Å². The number of rotatable bonds is 3. The molecule has 0 bridgehead atoms. The van der Waals surface area contributed by atoms with Crippen LogP contribution >= 0.6 is 0 Å². The summed E-state index contributed by atoms with van der Waals surface area (Å²) < 4.78 is 43.0. The van der Waals surface area contributed by atoms with Crippen LogP contribution in [-0.4, -0.2) is 11.2 Å². The van der Waals surface area contributed by atoms with Gasteiger partial charge in [-0.1, -0.05) is 23.4 Å². The summed E-state index contributed by atoms with van der Waals surface area (Å²) in [5, 5.41) is 9.50. The number of hydrogen-bond donors (Lipinski definition) is 2. The summed E-state index contributed by atoms with van der Waals surface area (Å²) in [5.74, 6) is 0. The molecule has 24 heavy (non-hydrogen) atoms. The van der Waals surface area contributed by atoms with Gasteiger partial charge >= 0.3 is 12.2 Å². The van der Waals surface area contributed by atoms with Crippen LogP contribution in [0.1, 0.15) is 11.3 Å². The van der Waals surface area contributed by atoms with Gasteiger partial charge in [0.1, 0.15) is 5.69 Å². The fraction of sp³-hybridized carbons (Fsp3) is 0.125. The molecule has 3 rings (SSSR count). The first-order valence-electron chi connectivity index (χ1n) is 6.99. The molecule has 0 aliphatic rings. The van der Waals surface area contributed by atoms with Crippen molar-refractivity contribution in [3.63, 3.8) is 0 Å². The Morgan fingerprint density at radius 2 is 1.92 bits per heavy atom. The summed E-state index contributed by atoms with van der Waals surface area (Å²) in [4.78, 5) is 11.8. The van der Waals surface area contributed by atoms with Crippen LogP contribution in [0.3, 0.4) is 0 Å². The SMILES string of the molecule is O=C(NCc1noc2ccccc12)Nc1cccc(C(F)(F)F)c1. The Kier molecular flexibility index (Phi) is 4.11. The van der Waals surface area contributed by atoms with E-state index in [1.54, 1.807) is 18.2 Å². The maximum Gasteiger partial charge on any atom is 0.416 e. The number of carbonyl (C=O) groups is 1. The van der Waals surface area contributed by atoms with E-state index in [1.807, 2.05) is 6.07 Å². The third-order valence-corrected chi connectivity index (χ3v) is 3.32. The van der Waals surface area contributed by atoms with Gasteiger partial charge in [-0.15, -0.1) is 0 Å². The van der Waals surface area contributed by atoms with Gasteiger partial charge in [-0.05, 0) is 30.3 Å². The minimum Gasteiger partial charge on any atom is -0.356 e. The quantitative estimate of drug-likeness (QED) is 0.755. The number of alkyl halides is 3. The Morgan fingerprint density at radius 3 is 2.71 bits per heavy atom. The van der Waals surface area contributed by atoms with Crippen LogP contribution in [0.25, 0.3) is 11.0 Å². The third-order valence-electron chi connectivity index (χ3n) is 3.32. The average molecular weight is 335 g/mol. The van der Waals surface area contributed by atoms with E-state index >= 15 is 0 Å². The molecule has 2 amide bonds. The molecule has 5 nitrogen and oxygen atoms in total. The molecule has 0 saturated heterocycles. The van der Waals surface area contributed by atoms with Crippen molar-refractivity contribution in [1.29, 1.82) is 0 Å². The standard InChI is InChI=1S/C16H12F3N3O2/c17-16(18,19)10-4-3-5-11(8-10)21-15(23)20-9-13-12-6-1-2-7-14(12)24-22-13/h1-8H,9H2,(H2,20,21,23). The molecule has 0 atom stereocenters. The van der Waals surface area contributed by atoms with Crippen molar-refractivity contribution >= 4 is 22.7 Å². The van der Waals surface area contributed by atoms with Gasteiger partial charge < -0.3 is 15.2 Å². The molecule has 124 valence electrons. The summed E-state index contributed by atoms with van der Waals surface area (Å²) in [5.41, 5.74) is 0.340. The highest BCUT2D eigenvalue weighted by Crippen LogP contribution is 2.30. The molecular formula is C16H12F3N3O2. The van der Waals surface area contributed by atoms with Crippen LogP contribution < -0.4 is 10.6 Å². The first-order chi connectivity index (χ1) is 11.4. The molecule has 8 heteroatoms. The first-order valence-corrected chi connectivity index (χ1v) is 6.99. The van der Waals surface area contributed by atoms with Crippen LogP contribution in [0.4, 0.5) is 23.7 Å². The predicted molar refractivity (Wildman–Crippen MR) is 81.3 cm³/mol. The molecule has 0 spiro atoms. The van der Waals surface area contributed by atoms with Gasteiger partial charge in [0, 0.05) is 11.1 Å². The van der Waals surface area contributed by atoms with E-state index in [-0.39, 0.29) is 12.2 Å². The van der Waals surface area contributed by atoms with Gasteiger partial charge in [0.2, 0.25) is 0 Å². The zero-order chi connectivity index (χ0) is 17.2. The second kappa shape index (κ2) is 6.23. The Hall–Kier alpha value is -3.03. The van der Waals surface area contributed by atoms with Gasteiger partial charge in [-0.2, -0.15) is 13.2 Å². The maximum atomic E-state index is 12.6. The molecular weight excluding hydrogens is 323 g/mol. The predicted octanol–water partition coefficient (Wildman–Crippen LogP) is 4.17. The lowest BCUT2D eigenvalue weighted by Crippen LogP contribution is -2.28. The lowest BCUT2D eigenvalue weighted by Gasteiger charge is -2.10. The summed E-state index contributed by atoms with van der Waals surface area (Å²) in [6.07, 6.45) is -4.46. The van der Waals surface area contributed by atoms with Crippen molar-refractivity contribution in [2.24, 2.45) is 0 Å². The zero-order valence-corrected chi connectivity index (χ0v) is 12.2. The summed E-state index contributed by atoms with van der Waals surface area (Å²) >= 11 is 0. The normalized spacial score (nSPS) is 11.5. The molecule has 0 fully saturated rings. The van der Waals surface area contributed by atoms with Crippen LogP contribution in [0.5, 0.6) is 0 Å². The second-order valence-corrected chi connectivity index (χ2v) is 5.01. The number of urea groups is 1. The maximum absolute atomic E-state index is 12.6. The fourth-order valence-electron chi connectivity index (χ4n) is 2.18. The zero-order valence-electron chi connectivity index (χ0n) is 12.2. The lowest BCUT2D eigenvalue weighted by molar-refractivity contribution is -0.137. The molecule has 0 radical (unpaired) electrons. The van der Waals surface area contributed by atoms with Crippen LogP contribution in [0.15, 0.2) is 53.1 Å². The number of carbonyl (C=O) groups excluding carboxylic acids is 1. The Morgan fingerprint density at radius 1 is 1.12 bits per heavy atom. The number of aromatic nitrogens is 1. The highest BCUT2D eigenvalue weighted by atomic mass is 19.4. The molecule has 0 saturated carbocycles. The van der Waals surface area contributed by atoms with Crippen molar-refractivity contribution < 1.29 is 22.5 Å². The highest BCUT2D eigenvalue weighted by molar-refractivity contribution is 5.89. The van der Waals surface area contributed by atoms with Crippen molar-refractivity contribution in [1.82, 2.24) is 10.5 Å². The van der Waals surface area contributed by atoms with Crippen LogP contribution in [0.2, 0.25) is 0 Å². The molecule has 0 aliphatic heterocycles. The molecule has 0 aliphatic carbocycles. The number of para-hydroxylation sites is 1. The largest absolute Gasteiger partial charge is 0.416 e. The number of anilines is 1. The van der Waals surface area contributed by atoms with Gasteiger partial charge in [0.15, 0.2) is 5.58 Å². The van der Waals surface area contributed by atoms with E-state index in [0.717, 1.165) is 17.5 Å². The van der Waals surface area contributed by atoms with E-state index in [1.165, 1.54) is 12.1 Å². The Balaban J connectivity index is 1.64. The number of benzene rings is 2. The van der Waals surface area contributed by atoms with Gasteiger partial charge in [-0.25, -0.2) is 4.79 Å². The summed E-state index contributed by atoms with van der Waals surface area (Å²) in [7, 11) is 0. The number of fused-ring (bicyclic) bond motifs is 1. The molecule has 0 unspecified atom stereocenters. The second-order valence-electron chi connectivity index (χ2n) is 5.01. The fourth-order valence-corrected chi connectivity index (χ4v) is 2.18. The van der Waals surface area contributed by atoms with Gasteiger partial charge in [-0.3, -0.25) is 0 Å². The minimum absolute atomic E-state index is 0.0485. The molecule has 2 N–H and O–H groups in total. The topological polar surface area (TPSA) is 67.2 Å². The summed E-state index contributed by atoms with van der Waals surface area (Å²) in [6, 6.07) is 10.9. The Labute approximate surface area is 134 Å². The first kappa shape index (κ1) is 15.9. The lowest BCUT2D eigenvalue weighted by atomic mass is 10.2. The van der Waals surface area contributed by atoms with E-state index in [0.29, 0.717) is 11.3 Å². The van der Waals surface area contributed by atoms with E-state index in [4.69, 9.17) is 4.52 Å². The third kappa shape index (κ3) is 3.48. The number of halogens is 3. The minimum atomic E-state index is -4.46. The van der Waals surface area contributed by atoms with Crippen molar-refractivity contribution in [3.05, 3.63) is 59.8 Å². The van der Waals surface area contributed by atoms with Gasteiger partial charge in [0.25, 0.3) is 0 Å². The van der Waals surface area contributed by atoms with E-state index in [9.17, 15) is 18.0 Å². The smallest absolute Gasteiger partial charge is 0.356 e. The molecule has 3 aromatic rings. The molecule has 2 aromatic carbocycles. The number of hydrogen-bond acceptors (Lipinski definition) is 3. The van der Waals surface area contributed by atoms with Crippen LogP contribution in [-0.2, 0) is 12.7 Å². The van der Waals surface area contributed by atoms with Crippen molar-refractivity contribution in [2.45, 2.75) is 12.7 Å². The number of nitrogens with one attached hydrogen (secondary N) is 2. The van der Waals surface area contributed by atoms with Crippen molar-refractivity contribution in [2.75, 3.05) is 5.32 Å². The van der Waals surface area contributed by atoms with E-state index in [2.05, 4.69) is 15.8 Å². The summed E-state index contributed by atoms with van der Waals surface area (Å²) in [6.45, 7) is 0.0851. The molecule has 1 aromatic heterocycles. The Bertz CT molecular complexity index is 874. The van der Waals surface area contributed by atoms with Crippen molar-refractivity contribution in [3.8, 4) is 0 Å². The average Bonchev–Trinajstić information content (AvgIpc) is 2.96. The number of amides is 2. The van der Waals surface area contributed by atoms with Gasteiger partial charge in [0.05, 0.1) is 12.1 Å². The number of nitrogens with zero attached hydrogens (tertiary/aromatic N) is 1.